The first kappa shape index (κ1) is 23.5. The van der Waals surface area contributed by atoms with Gasteiger partial charge in [-0.1, -0.05) is 31.1 Å². The molecule has 33 heavy (non-hydrogen) atoms. The molecule has 1 aromatic heterocycles. The maximum atomic E-state index is 14.1. The van der Waals surface area contributed by atoms with Crippen LogP contribution in [-0.2, 0) is 17.9 Å². The van der Waals surface area contributed by atoms with Gasteiger partial charge in [0, 0.05) is 28.8 Å². The molecule has 1 saturated carbocycles. The number of benzene rings is 1. The summed E-state index contributed by atoms with van der Waals surface area (Å²) in [6.07, 6.45) is 9.07. The highest BCUT2D eigenvalue weighted by molar-refractivity contribution is 7.29. The number of hydrogen-bond acceptors (Lipinski definition) is 5. The third kappa shape index (κ3) is 5.31. The van der Waals surface area contributed by atoms with Crippen molar-refractivity contribution in [2.24, 2.45) is 0 Å². The van der Waals surface area contributed by atoms with Crippen LogP contribution in [0, 0.1) is 5.82 Å². The van der Waals surface area contributed by atoms with Gasteiger partial charge in [0.2, 0.25) is 11.9 Å². The number of aromatic nitrogens is 3. The molecule has 2 N–H and O–H groups in total. The summed E-state index contributed by atoms with van der Waals surface area (Å²) in [5.74, 6) is -0.509. The van der Waals surface area contributed by atoms with Crippen molar-refractivity contribution < 1.29 is 9.18 Å². The molecule has 2 aromatic rings. The molecular formula is C22H26FN5O3P2. The second kappa shape index (κ2) is 10.1. The van der Waals surface area contributed by atoms with E-state index in [-0.39, 0.29) is 42.4 Å². The Labute approximate surface area is 194 Å². The predicted octanol–water partition coefficient (Wildman–Crippen LogP) is 0.560. The molecule has 1 aromatic carbocycles. The standard InChI is InChI=1S/C22H26FN5O3P2/c23-18-16(32)9-13(10-17(18)33)11-27-20(25-15-6-1-2-7-15)26-21(30)28(22(27)31)12-14-5-3-4-8-24-19(14)29/h3-5,9-10,15H,1-2,6-8,11-12,32-33H2,(H,24,29)(H,25,26,30). The van der Waals surface area contributed by atoms with E-state index in [2.05, 4.69) is 34.1 Å². The molecule has 174 valence electrons. The van der Waals surface area contributed by atoms with Crippen LogP contribution in [0.25, 0.3) is 0 Å². The smallest absolute Gasteiger partial charge is 0.353 e. The van der Waals surface area contributed by atoms with E-state index in [1.807, 2.05) is 0 Å². The first-order valence-electron chi connectivity index (χ1n) is 10.8. The van der Waals surface area contributed by atoms with Crippen LogP contribution in [0.15, 0.2) is 45.5 Å². The molecule has 0 bridgehead atoms. The van der Waals surface area contributed by atoms with E-state index < -0.39 is 11.4 Å². The van der Waals surface area contributed by atoms with Crippen LogP contribution < -0.4 is 32.6 Å². The maximum Gasteiger partial charge on any atom is 0.355 e. The van der Waals surface area contributed by atoms with Gasteiger partial charge in [-0.2, -0.15) is 4.98 Å². The van der Waals surface area contributed by atoms with Crippen LogP contribution in [-0.4, -0.2) is 32.6 Å². The number of halogens is 1. The Bertz CT molecular complexity index is 1240. The van der Waals surface area contributed by atoms with Crippen LogP contribution in [0.4, 0.5) is 10.3 Å². The van der Waals surface area contributed by atoms with E-state index >= 15 is 0 Å². The minimum Gasteiger partial charge on any atom is -0.353 e. The Morgan fingerprint density at radius 1 is 1.09 bits per heavy atom. The molecule has 0 spiro atoms. The summed E-state index contributed by atoms with van der Waals surface area (Å²) in [6.45, 7) is 0.271. The molecule has 0 radical (unpaired) electrons. The van der Waals surface area contributed by atoms with Gasteiger partial charge in [-0.05, 0) is 30.5 Å². The summed E-state index contributed by atoms with van der Waals surface area (Å²) in [5, 5.41) is 6.70. The highest BCUT2D eigenvalue weighted by Gasteiger charge is 2.21. The largest absolute Gasteiger partial charge is 0.355 e. The number of carbonyl (C=O) groups is 1. The zero-order valence-electron chi connectivity index (χ0n) is 18.0. The third-order valence-electron chi connectivity index (χ3n) is 5.80. The molecule has 2 heterocycles. The zero-order valence-corrected chi connectivity index (χ0v) is 20.3. The van der Waals surface area contributed by atoms with Crippen LogP contribution in [0.3, 0.4) is 0 Å². The number of hydrogen-bond donors (Lipinski definition) is 2. The van der Waals surface area contributed by atoms with Crippen molar-refractivity contribution in [3.05, 3.63) is 68.3 Å². The van der Waals surface area contributed by atoms with Crippen LogP contribution in [0.1, 0.15) is 31.2 Å². The van der Waals surface area contributed by atoms with Gasteiger partial charge in [-0.15, -0.1) is 18.5 Å². The SMILES string of the molecule is O=C1NCC=CC=C1Cn1c(=O)nc(NC2CCCC2)n(Cc2cc(P)c(F)c(P)c2)c1=O. The minimum absolute atomic E-state index is 0.0927. The highest BCUT2D eigenvalue weighted by Crippen LogP contribution is 2.21. The van der Waals surface area contributed by atoms with Crippen molar-refractivity contribution >= 4 is 40.9 Å². The first-order valence-corrected chi connectivity index (χ1v) is 11.9. The predicted molar refractivity (Wildman–Crippen MR) is 133 cm³/mol. The summed E-state index contributed by atoms with van der Waals surface area (Å²) < 4.78 is 16.4. The van der Waals surface area contributed by atoms with E-state index in [0.29, 0.717) is 22.7 Å². The van der Waals surface area contributed by atoms with Gasteiger partial charge in [0.25, 0.3) is 0 Å². The lowest BCUT2D eigenvalue weighted by Gasteiger charge is -2.19. The van der Waals surface area contributed by atoms with E-state index in [1.54, 1.807) is 30.4 Å². The number of rotatable bonds is 6. The molecule has 2 atom stereocenters. The van der Waals surface area contributed by atoms with E-state index in [1.165, 1.54) is 4.57 Å². The molecule has 0 saturated heterocycles. The summed E-state index contributed by atoms with van der Waals surface area (Å²) in [6, 6.07) is 3.41. The van der Waals surface area contributed by atoms with Gasteiger partial charge < -0.3 is 10.6 Å². The van der Waals surface area contributed by atoms with Crippen LogP contribution in [0.2, 0.25) is 0 Å². The Morgan fingerprint density at radius 2 is 1.79 bits per heavy atom. The molecule has 2 aliphatic rings. The van der Waals surface area contributed by atoms with Crippen molar-refractivity contribution in [1.82, 2.24) is 19.4 Å². The van der Waals surface area contributed by atoms with Gasteiger partial charge in [-0.3, -0.25) is 9.36 Å². The minimum atomic E-state index is -0.726. The lowest BCUT2D eigenvalue weighted by Crippen LogP contribution is -2.45. The molecule has 2 unspecified atom stereocenters. The fraction of sp³-hybridized carbons (Fsp3) is 0.364. The van der Waals surface area contributed by atoms with Crippen LogP contribution >= 0.6 is 18.5 Å². The quantitative estimate of drug-likeness (QED) is 0.578. The molecule has 1 fully saturated rings. The topological polar surface area (TPSA) is 98.0 Å². The third-order valence-corrected chi connectivity index (χ3v) is 6.64. The van der Waals surface area contributed by atoms with E-state index in [4.69, 9.17) is 0 Å². The van der Waals surface area contributed by atoms with Gasteiger partial charge in [0.05, 0.1) is 13.1 Å². The zero-order chi connectivity index (χ0) is 23.5. The van der Waals surface area contributed by atoms with Crippen molar-refractivity contribution in [3.8, 4) is 0 Å². The molecule has 8 nitrogen and oxygen atoms in total. The molecule has 1 amide bonds. The summed E-state index contributed by atoms with van der Waals surface area (Å²) >= 11 is 0. The normalized spacial score (nSPS) is 16.5. The first-order chi connectivity index (χ1) is 15.8. The lowest BCUT2D eigenvalue weighted by atomic mass is 10.2. The summed E-state index contributed by atoms with van der Waals surface area (Å²) in [5.41, 5.74) is -0.341. The van der Waals surface area contributed by atoms with Crippen molar-refractivity contribution in [2.75, 3.05) is 11.9 Å². The number of nitrogens with zero attached hydrogens (tertiary/aromatic N) is 3. The average molecular weight is 489 g/mol. The Morgan fingerprint density at radius 3 is 2.48 bits per heavy atom. The summed E-state index contributed by atoms with van der Waals surface area (Å²) in [4.78, 5) is 42.8. The Balaban J connectivity index is 1.77. The second-order valence-electron chi connectivity index (χ2n) is 8.22. The molecule has 1 aliphatic carbocycles. The number of allylic oxidation sites excluding steroid dienone is 2. The molecule has 1 aliphatic heterocycles. The Hall–Kier alpha value is -2.63. The number of amides is 1. The number of anilines is 1. The summed E-state index contributed by atoms with van der Waals surface area (Å²) in [7, 11) is 4.70. The Kier molecular flexibility index (Phi) is 7.20. The number of nitrogens with one attached hydrogen (secondary N) is 2. The van der Waals surface area contributed by atoms with Gasteiger partial charge >= 0.3 is 11.4 Å². The average Bonchev–Trinajstić information content (AvgIpc) is 3.20. The fourth-order valence-corrected chi connectivity index (χ4v) is 4.99. The van der Waals surface area contributed by atoms with Crippen LogP contribution in [0.5, 0.6) is 0 Å². The second-order valence-corrected chi connectivity index (χ2v) is 9.46. The monoisotopic (exact) mass is 489 g/mol. The van der Waals surface area contributed by atoms with Crippen molar-refractivity contribution in [2.45, 2.75) is 44.8 Å². The van der Waals surface area contributed by atoms with Crippen molar-refractivity contribution in [1.29, 1.82) is 0 Å². The molecular weight excluding hydrogens is 463 g/mol. The lowest BCUT2D eigenvalue weighted by molar-refractivity contribution is -0.117. The van der Waals surface area contributed by atoms with Gasteiger partial charge in [-0.25, -0.2) is 18.5 Å². The van der Waals surface area contributed by atoms with Crippen molar-refractivity contribution in [3.63, 3.8) is 0 Å². The van der Waals surface area contributed by atoms with Gasteiger partial charge in [0.15, 0.2) is 0 Å². The molecule has 11 heteroatoms. The van der Waals surface area contributed by atoms with Gasteiger partial charge in [0.1, 0.15) is 5.82 Å². The maximum absolute atomic E-state index is 14.1. The molecule has 4 rings (SSSR count). The van der Waals surface area contributed by atoms with E-state index in [0.717, 1.165) is 30.3 Å². The number of carbonyl (C=O) groups excluding carboxylic acids is 1. The van der Waals surface area contributed by atoms with E-state index in [9.17, 15) is 18.8 Å². The fourth-order valence-electron chi connectivity index (χ4n) is 4.07. The highest BCUT2D eigenvalue weighted by atomic mass is 31.0.